The number of fused-ring (bicyclic) bond motifs is 2. The second kappa shape index (κ2) is 6.39. The minimum atomic E-state index is -0.118. The van der Waals surface area contributed by atoms with Gasteiger partial charge >= 0.3 is 0 Å². The fraction of sp³-hybridized carbons (Fsp3) is 0.190. The highest BCUT2D eigenvalue weighted by molar-refractivity contribution is 5.94. The van der Waals surface area contributed by atoms with Gasteiger partial charge in [0.25, 0.3) is 5.91 Å². The number of hydrogen-bond acceptors (Lipinski definition) is 3. The molecule has 0 aliphatic carbocycles. The summed E-state index contributed by atoms with van der Waals surface area (Å²) >= 11 is 0. The van der Waals surface area contributed by atoms with E-state index in [1.54, 1.807) is 0 Å². The summed E-state index contributed by atoms with van der Waals surface area (Å²) in [5.41, 5.74) is 3.41. The van der Waals surface area contributed by atoms with Gasteiger partial charge < -0.3 is 9.88 Å². The highest BCUT2D eigenvalue weighted by Crippen LogP contribution is 2.23. The number of carbonyl (C=O) groups excluding carboxylic acids is 1. The van der Waals surface area contributed by atoms with Gasteiger partial charge in [-0.05, 0) is 29.3 Å². The van der Waals surface area contributed by atoms with E-state index < -0.39 is 0 Å². The molecule has 0 bridgehead atoms. The Bertz CT molecular complexity index is 1130. The molecule has 0 fully saturated rings. The summed E-state index contributed by atoms with van der Waals surface area (Å²) < 4.78 is 2.14. The Morgan fingerprint density at radius 1 is 1.15 bits per heavy atom. The first-order chi connectivity index (χ1) is 13.3. The lowest BCUT2D eigenvalue weighted by molar-refractivity contribution is 0.0926. The molecule has 1 aliphatic rings. The van der Waals surface area contributed by atoms with Crippen molar-refractivity contribution < 1.29 is 4.79 Å². The summed E-state index contributed by atoms with van der Waals surface area (Å²) in [6.45, 7) is 0.881. The Labute approximate surface area is 156 Å². The van der Waals surface area contributed by atoms with E-state index >= 15 is 0 Å². The summed E-state index contributed by atoms with van der Waals surface area (Å²) in [5, 5.41) is 12.7. The number of aromatic nitrogens is 4. The number of nitrogens with one attached hydrogen (secondary N) is 2. The molecule has 6 heteroatoms. The Kier molecular flexibility index (Phi) is 3.74. The number of nitrogens with zero attached hydrogens (tertiary/aromatic N) is 3. The van der Waals surface area contributed by atoms with Crippen LogP contribution in [-0.4, -0.2) is 31.7 Å². The summed E-state index contributed by atoms with van der Waals surface area (Å²) in [4.78, 5) is 16.8. The van der Waals surface area contributed by atoms with Gasteiger partial charge in [-0.1, -0.05) is 36.4 Å². The summed E-state index contributed by atoms with van der Waals surface area (Å²) in [7, 11) is 0. The second-order valence-corrected chi connectivity index (χ2v) is 6.97. The lowest BCUT2D eigenvalue weighted by Gasteiger charge is -2.24. The third kappa shape index (κ3) is 2.99. The molecule has 2 aromatic heterocycles. The zero-order chi connectivity index (χ0) is 18.2. The molecule has 4 aromatic rings. The number of aromatic amines is 1. The van der Waals surface area contributed by atoms with Crippen LogP contribution in [0, 0.1) is 0 Å². The number of aryl methyl sites for hydroxylation is 1. The zero-order valence-electron chi connectivity index (χ0n) is 14.7. The van der Waals surface area contributed by atoms with Crippen LogP contribution < -0.4 is 5.32 Å². The highest BCUT2D eigenvalue weighted by atomic mass is 16.2. The van der Waals surface area contributed by atoms with Crippen LogP contribution in [0.5, 0.6) is 0 Å². The standard InChI is InChI=1S/C21H19N5O/c27-21(23-17-7-8-26-13-22-12-18(26)10-17)20-11-19(24-25-20)16-6-5-14-3-1-2-4-15(14)9-16/h1-6,9,11-13,17H,7-8,10H2,(H,23,27)(H,24,25). The normalized spacial score (nSPS) is 16.2. The van der Waals surface area contributed by atoms with Crippen LogP contribution in [0.25, 0.3) is 22.0 Å². The number of carbonyl (C=O) groups is 1. The largest absolute Gasteiger partial charge is 0.348 e. The van der Waals surface area contributed by atoms with Gasteiger partial charge in [0, 0.05) is 36.5 Å². The average molecular weight is 357 g/mol. The number of hydrogen-bond donors (Lipinski definition) is 2. The number of H-pyrrole nitrogens is 1. The second-order valence-electron chi connectivity index (χ2n) is 6.97. The molecule has 1 atom stereocenters. The van der Waals surface area contributed by atoms with E-state index in [-0.39, 0.29) is 11.9 Å². The van der Waals surface area contributed by atoms with Crippen LogP contribution in [0.3, 0.4) is 0 Å². The van der Waals surface area contributed by atoms with Crippen LogP contribution >= 0.6 is 0 Å². The zero-order valence-corrected chi connectivity index (χ0v) is 14.7. The van der Waals surface area contributed by atoms with Crippen molar-refractivity contribution in [3.8, 4) is 11.3 Å². The predicted molar refractivity (Wildman–Crippen MR) is 103 cm³/mol. The van der Waals surface area contributed by atoms with Crippen molar-refractivity contribution in [2.45, 2.75) is 25.4 Å². The van der Waals surface area contributed by atoms with Gasteiger partial charge in [-0.3, -0.25) is 9.89 Å². The highest BCUT2D eigenvalue weighted by Gasteiger charge is 2.21. The van der Waals surface area contributed by atoms with Crippen molar-refractivity contribution in [2.24, 2.45) is 0 Å². The van der Waals surface area contributed by atoms with Crippen molar-refractivity contribution in [3.63, 3.8) is 0 Å². The molecule has 2 aromatic carbocycles. The monoisotopic (exact) mass is 357 g/mol. The Hall–Kier alpha value is -3.41. The van der Waals surface area contributed by atoms with Crippen molar-refractivity contribution in [1.29, 1.82) is 0 Å². The third-order valence-electron chi connectivity index (χ3n) is 5.18. The fourth-order valence-corrected chi connectivity index (χ4v) is 3.69. The Morgan fingerprint density at radius 2 is 2.04 bits per heavy atom. The molecule has 1 unspecified atom stereocenters. The van der Waals surface area contributed by atoms with Crippen molar-refractivity contribution in [1.82, 2.24) is 25.1 Å². The smallest absolute Gasteiger partial charge is 0.269 e. The molecule has 134 valence electrons. The van der Waals surface area contributed by atoms with Crippen LogP contribution in [0.1, 0.15) is 22.6 Å². The van der Waals surface area contributed by atoms with E-state index in [9.17, 15) is 4.79 Å². The van der Waals surface area contributed by atoms with Crippen LogP contribution in [0.2, 0.25) is 0 Å². The van der Waals surface area contributed by atoms with E-state index in [1.807, 2.05) is 36.8 Å². The van der Waals surface area contributed by atoms with E-state index in [0.29, 0.717) is 5.69 Å². The summed E-state index contributed by atoms with van der Waals surface area (Å²) in [6, 6.07) is 16.3. The van der Waals surface area contributed by atoms with Crippen LogP contribution in [-0.2, 0) is 13.0 Å². The van der Waals surface area contributed by atoms with Crippen LogP contribution in [0.4, 0.5) is 0 Å². The molecular weight excluding hydrogens is 338 g/mol. The summed E-state index contributed by atoms with van der Waals surface area (Å²) in [6.07, 6.45) is 5.42. The van der Waals surface area contributed by atoms with E-state index in [2.05, 4.69) is 49.3 Å². The number of rotatable bonds is 3. The van der Waals surface area contributed by atoms with Crippen LogP contribution in [0.15, 0.2) is 61.1 Å². The first-order valence-corrected chi connectivity index (χ1v) is 9.11. The predicted octanol–water partition coefficient (Wildman–Crippen LogP) is 3.17. The first kappa shape index (κ1) is 15.8. The number of amides is 1. The molecule has 5 rings (SSSR count). The van der Waals surface area contributed by atoms with Crippen molar-refractivity contribution in [3.05, 3.63) is 72.4 Å². The number of benzene rings is 2. The van der Waals surface area contributed by atoms with E-state index in [0.717, 1.165) is 41.7 Å². The maximum atomic E-state index is 12.6. The van der Waals surface area contributed by atoms with Gasteiger partial charge in [0.15, 0.2) is 0 Å². The third-order valence-corrected chi connectivity index (χ3v) is 5.18. The minimum Gasteiger partial charge on any atom is -0.348 e. The average Bonchev–Trinajstić information content (AvgIpc) is 3.37. The maximum absolute atomic E-state index is 12.6. The molecule has 0 spiro atoms. The van der Waals surface area contributed by atoms with Gasteiger partial charge in [0.1, 0.15) is 5.69 Å². The topological polar surface area (TPSA) is 75.6 Å². The Balaban J connectivity index is 1.33. The molecular formula is C21H19N5O. The fourth-order valence-electron chi connectivity index (χ4n) is 3.69. The molecule has 2 N–H and O–H groups in total. The molecule has 1 amide bonds. The first-order valence-electron chi connectivity index (χ1n) is 9.11. The molecule has 0 saturated carbocycles. The summed E-state index contributed by atoms with van der Waals surface area (Å²) in [5.74, 6) is -0.118. The van der Waals surface area contributed by atoms with Crippen molar-refractivity contribution in [2.75, 3.05) is 0 Å². The molecule has 0 saturated heterocycles. The van der Waals surface area contributed by atoms with E-state index in [4.69, 9.17) is 0 Å². The Morgan fingerprint density at radius 3 is 2.96 bits per heavy atom. The molecule has 27 heavy (non-hydrogen) atoms. The SMILES string of the molecule is O=C(NC1CCn2cncc2C1)c1cc(-c2ccc3ccccc3c2)n[nH]1. The van der Waals surface area contributed by atoms with Gasteiger partial charge in [-0.15, -0.1) is 0 Å². The maximum Gasteiger partial charge on any atom is 0.269 e. The van der Waals surface area contributed by atoms with Gasteiger partial charge in [0.05, 0.1) is 12.0 Å². The van der Waals surface area contributed by atoms with Crippen molar-refractivity contribution >= 4 is 16.7 Å². The van der Waals surface area contributed by atoms with E-state index in [1.165, 1.54) is 5.39 Å². The number of imidazole rings is 1. The molecule has 1 aliphatic heterocycles. The molecule has 0 radical (unpaired) electrons. The molecule has 6 nitrogen and oxygen atoms in total. The lowest BCUT2D eigenvalue weighted by atomic mass is 10.0. The minimum absolute atomic E-state index is 0.118. The van der Waals surface area contributed by atoms with Gasteiger partial charge in [0.2, 0.25) is 0 Å². The quantitative estimate of drug-likeness (QED) is 0.591. The lowest BCUT2D eigenvalue weighted by Crippen LogP contribution is -2.40. The van der Waals surface area contributed by atoms with Gasteiger partial charge in [-0.2, -0.15) is 5.10 Å². The van der Waals surface area contributed by atoms with Gasteiger partial charge in [-0.25, -0.2) is 4.98 Å². The molecule has 3 heterocycles.